The molecule has 1 aliphatic carbocycles. The number of hydrogen-bond donors (Lipinski definition) is 3. The number of methoxy groups -OCH3 is 1. The summed E-state index contributed by atoms with van der Waals surface area (Å²) >= 11 is 0. The van der Waals surface area contributed by atoms with Crippen LogP contribution in [0.25, 0.3) is 0 Å². The van der Waals surface area contributed by atoms with E-state index >= 15 is 0 Å². The predicted octanol–water partition coefficient (Wildman–Crippen LogP) is 4.79. The lowest BCUT2D eigenvalue weighted by Crippen LogP contribution is -2.73. The van der Waals surface area contributed by atoms with E-state index in [2.05, 4.69) is 15.5 Å². The molecule has 6 rings (SSSR count). The van der Waals surface area contributed by atoms with Crippen LogP contribution in [-0.2, 0) is 22.7 Å². The van der Waals surface area contributed by atoms with E-state index in [1.165, 1.54) is 0 Å². The third-order valence-electron chi connectivity index (χ3n) is 10.3. The Bertz CT molecular complexity index is 1580. The Labute approximate surface area is 282 Å². The van der Waals surface area contributed by atoms with Gasteiger partial charge in [-0.2, -0.15) is 0 Å². The molecule has 0 aromatic heterocycles. The number of piperidine rings is 1. The molecule has 3 fully saturated rings. The van der Waals surface area contributed by atoms with Gasteiger partial charge in [-0.05, 0) is 85.3 Å². The fraction of sp³-hybridized carbons (Fsp3) is 0.447. The van der Waals surface area contributed by atoms with Gasteiger partial charge in [-0.1, -0.05) is 43.5 Å². The SMILES string of the molecule is CNC(=O)c1ccc(Oc2ccc(CN3CCC4(CC3)C(=O)N[C@H](CC3(O)CCCCC3)C(=O)N4Cc3ccc(OC)cc3)cc2)cc1. The molecule has 0 radical (unpaired) electrons. The Morgan fingerprint density at radius 1 is 0.833 bits per heavy atom. The predicted molar refractivity (Wildman–Crippen MR) is 182 cm³/mol. The van der Waals surface area contributed by atoms with Gasteiger partial charge in [0.2, 0.25) is 11.8 Å². The summed E-state index contributed by atoms with van der Waals surface area (Å²) in [6, 6.07) is 21.8. The Balaban J connectivity index is 1.12. The molecule has 0 unspecified atom stereocenters. The van der Waals surface area contributed by atoms with Crippen LogP contribution in [-0.4, -0.2) is 77.1 Å². The number of ether oxygens (including phenoxy) is 2. The van der Waals surface area contributed by atoms with Gasteiger partial charge < -0.3 is 30.1 Å². The highest BCUT2D eigenvalue weighted by molar-refractivity contribution is 6.00. The maximum Gasteiger partial charge on any atom is 0.251 e. The first-order chi connectivity index (χ1) is 23.2. The van der Waals surface area contributed by atoms with Crippen LogP contribution in [0.15, 0.2) is 72.8 Å². The molecule has 3 N–H and O–H groups in total. The van der Waals surface area contributed by atoms with Crippen molar-refractivity contribution < 1.29 is 29.0 Å². The molecule has 2 heterocycles. The molecule has 2 saturated heterocycles. The van der Waals surface area contributed by atoms with Crippen LogP contribution in [0.1, 0.15) is 72.9 Å². The Kier molecular flexibility index (Phi) is 10.0. The van der Waals surface area contributed by atoms with E-state index < -0.39 is 17.2 Å². The molecular weight excluding hydrogens is 608 g/mol. The van der Waals surface area contributed by atoms with Crippen LogP contribution in [0.3, 0.4) is 0 Å². The van der Waals surface area contributed by atoms with Crippen molar-refractivity contribution in [3.05, 3.63) is 89.5 Å². The molecule has 48 heavy (non-hydrogen) atoms. The summed E-state index contributed by atoms with van der Waals surface area (Å²) < 4.78 is 11.3. The Hall–Kier alpha value is -4.41. The minimum absolute atomic E-state index is 0.114. The molecular formula is C38H46N4O6. The van der Waals surface area contributed by atoms with Crippen molar-refractivity contribution in [1.82, 2.24) is 20.4 Å². The number of nitrogens with one attached hydrogen (secondary N) is 2. The lowest BCUT2D eigenvalue weighted by molar-refractivity contribution is -0.164. The summed E-state index contributed by atoms with van der Waals surface area (Å²) in [6.07, 6.45) is 5.56. The van der Waals surface area contributed by atoms with E-state index in [1.807, 2.05) is 48.5 Å². The van der Waals surface area contributed by atoms with E-state index in [0.29, 0.717) is 68.9 Å². The average Bonchev–Trinajstić information content (AvgIpc) is 3.11. The molecule has 1 saturated carbocycles. The Morgan fingerprint density at radius 3 is 1.98 bits per heavy atom. The average molecular weight is 655 g/mol. The molecule has 2 aliphatic heterocycles. The van der Waals surface area contributed by atoms with Crippen LogP contribution in [0.4, 0.5) is 0 Å². The minimum Gasteiger partial charge on any atom is -0.497 e. The van der Waals surface area contributed by atoms with Crippen LogP contribution in [0, 0.1) is 0 Å². The number of nitrogens with zero attached hydrogens (tertiary/aromatic N) is 2. The summed E-state index contributed by atoms with van der Waals surface area (Å²) in [6.45, 7) is 2.34. The third kappa shape index (κ3) is 7.34. The summed E-state index contributed by atoms with van der Waals surface area (Å²) in [4.78, 5) is 44.2. The van der Waals surface area contributed by atoms with Gasteiger partial charge in [0.15, 0.2) is 0 Å². The number of piperazine rings is 1. The van der Waals surface area contributed by atoms with Crippen LogP contribution < -0.4 is 20.1 Å². The van der Waals surface area contributed by atoms with E-state index in [0.717, 1.165) is 36.1 Å². The fourth-order valence-corrected chi connectivity index (χ4v) is 7.40. The molecule has 3 amide bonds. The van der Waals surface area contributed by atoms with Crippen LogP contribution in [0.5, 0.6) is 17.2 Å². The largest absolute Gasteiger partial charge is 0.497 e. The zero-order valence-corrected chi connectivity index (χ0v) is 27.9. The summed E-state index contributed by atoms with van der Waals surface area (Å²) in [5.41, 5.74) is 0.738. The van der Waals surface area contributed by atoms with Crippen molar-refractivity contribution >= 4 is 17.7 Å². The Morgan fingerprint density at radius 2 is 1.40 bits per heavy atom. The molecule has 254 valence electrons. The van der Waals surface area contributed by atoms with Gasteiger partial charge in [0, 0.05) is 45.2 Å². The van der Waals surface area contributed by atoms with Crippen LogP contribution in [0.2, 0.25) is 0 Å². The van der Waals surface area contributed by atoms with Gasteiger partial charge in [-0.3, -0.25) is 19.3 Å². The molecule has 3 aliphatic rings. The summed E-state index contributed by atoms with van der Waals surface area (Å²) in [5.74, 6) is 1.70. The molecule has 10 heteroatoms. The van der Waals surface area contributed by atoms with Crippen molar-refractivity contribution in [3.8, 4) is 17.2 Å². The fourth-order valence-electron chi connectivity index (χ4n) is 7.40. The second-order valence-corrected chi connectivity index (χ2v) is 13.4. The van der Waals surface area contributed by atoms with Crippen molar-refractivity contribution in [3.63, 3.8) is 0 Å². The highest BCUT2D eigenvalue weighted by Gasteiger charge is 2.54. The quantitative estimate of drug-likeness (QED) is 0.288. The van der Waals surface area contributed by atoms with Gasteiger partial charge in [0.25, 0.3) is 5.91 Å². The van der Waals surface area contributed by atoms with Crippen molar-refractivity contribution in [2.45, 2.75) is 81.6 Å². The second kappa shape index (κ2) is 14.4. The van der Waals surface area contributed by atoms with E-state index in [4.69, 9.17) is 9.47 Å². The molecule has 3 aromatic rings. The summed E-state index contributed by atoms with van der Waals surface area (Å²) in [5, 5.41) is 17.0. The normalized spacial score (nSPS) is 20.6. The number of carbonyl (C=O) groups excluding carboxylic acids is 3. The van der Waals surface area contributed by atoms with Gasteiger partial charge >= 0.3 is 0 Å². The van der Waals surface area contributed by atoms with E-state index in [-0.39, 0.29) is 24.1 Å². The van der Waals surface area contributed by atoms with Gasteiger partial charge in [-0.15, -0.1) is 0 Å². The van der Waals surface area contributed by atoms with E-state index in [9.17, 15) is 19.5 Å². The highest BCUT2D eigenvalue weighted by Crippen LogP contribution is 2.38. The number of carbonyl (C=O) groups is 3. The molecule has 1 atom stereocenters. The number of rotatable bonds is 10. The third-order valence-corrected chi connectivity index (χ3v) is 10.3. The highest BCUT2D eigenvalue weighted by atomic mass is 16.5. The van der Waals surface area contributed by atoms with Crippen molar-refractivity contribution in [2.75, 3.05) is 27.2 Å². The van der Waals surface area contributed by atoms with Gasteiger partial charge in [-0.25, -0.2) is 0 Å². The zero-order chi connectivity index (χ0) is 33.7. The standard InChI is InChI=1S/C38H46N4O6/c1-39-34(43)29-10-16-32(17-11-29)48-31-14-8-27(9-15-31)25-41-22-20-38(21-23-41)36(45)40-33(24-37(46)18-4-3-5-19-37)35(44)42(38)26-28-6-12-30(47-2)13-7-28/h6-17,33,46H,3-5,18-26H2,1-2H3,(H,39,43)(H,40,45)/t33-/m1/s1. The van der Waals surface area contributed by atoms with Gasteiger partial charge in [0.05, 0.1) is 12.7 Å². The topological polar surface area (TPSA) is 120 Å². The van der Waals surface area contributed by atoms with Crippen molar-refractivity contribution in [2.24, 2.45) is 0 Å². The maximum atomic E-state index is 14.2. The van der Waals surface area contributed by atoms with Gasteiger partial charge in [0.1, 0.15) is 28.8 Å². The minimum atomic E-state index is -0.954. The van der Waals surface area contributed by atoms with Crippen LogP contribution >= 0.6 is 0 Å². The van der Waals surface area contributed by atoms with E-state index in [1.54, 1.807) is 43.3 Å². The maximum absolute atomic E-state index is 14.2. The molecule has 0 bridgehead atoms. The lowest BCUT2D eigenvalue weighted by atomic mass is 9.77. The second-order valence-electron chi connectivity index (χ2n) is 13.4. The number of likely N-dealkylation sites (tertiary alicyclic amines) is 1. The first-order valence-corrected chi connectivity index (χ1v) is 17.0. The zero-order valence-electron chi connectivity index (χ0n) is 27.9. The monoisotopic (exact) mass is 654 g/mol. The number of hydrogen-bond acceptors (Lipinski definition) is 7. The first kappa shape index (κ1) is 33.5. The van der Waals surface area contributed by atoms with Crippen molar-refractivity contribution in [1.29, 1.82) is 0 Å². The lowest BCUT2D eigenvalue weighted by Gasteiger charge is -2.52. The first-order valence-electron chi connectivity index (χ1n) is 17.0. The molecule has 1 spiro atoms. The number of benzene rings is 3. The molecule has 10 nitrogen and oxygen atoms in total. The smallest absolute Gasteiger partial charge is 0.251 e. The molecule has 3 aromatic carbocycles. The summed E-state index contributed by atoms with van der Waals surface area (Å²) in [7, 11) is 3.22. The number of amides is 3. The number of aliphatic hydroxyl groups is 1.